The standard InChI is InChI=1S/C19H30N4O/c1-14-17(22-16-4-2-15(20)3-5-16)6-7-18(21-14)23-12-19(13-23)8-10-24-11-9-19/h6-7,15-16,22H,2-5,8-13,20H2,1H3. The molecule has 132 valence electrons. The van der Waals surface area contributed by atoms with Crippen molar-refractivity contribution in [3.05, 3.63) is 17.8 Å². The molecule has 24 heavy (non-hydrogen) atoms. The van der Waals surface area contributed by atoms with Crippen LogP contribution in [-0.4, -0.2) is 43.4 Å². The van der Waals surface area contributed by atoms with Gasteiger partial charge in [-0.1, -0.05) is 0 Å². The first kappa shape index (κ1) is 16.2. The zero-order valence-electron chi connectivity index (χ0n) is 14.8. The molecule has 0 aromatic carbocycles. The Morgan fingerprint density at radius 1 is 1.17 bits per heavy atom. The quantitative estimate of drug-likeness (QED) is 0.892. The van der Waals surface area contributed by atoms with Crippen LogP contribution in [0.5, 0.6) is 0 Å². The van der Waals surface area contributed by atoms with Gasteiger partial charge in [0, 0.05) is 43.8 Å². The van der Waals surface area contributed by atoms with Gasteiger partial charge in [0.05, 0.1) is 11.4 Å². The number of anilines is 2. The number of aromatic nitrogens is 1. The fourth-order valence-corrected chi connectivity index (χ4v) is 4.41. The highest BCUT2D eigenvalue weighted by Gasteiger charge is 2.44. The lowest BCUT2D eigenvalue weighted by molar-refractivity contribution is -0.000459. The van der Waals surface area contributed by atoms with Crippen molar-refractivity contribution in [3.8, 4) is 0 Å². The Balaban J connectivity index is 1.36. The molecule has 5 nitrogen and oxygen atoms in total. The SMILES string of the molecule is Cc1nc(N2CC3(CCOCC3)C2)ccc1NC1CCC(N)CC1. The Morgan fingerprint density at radius 2 is 1.88 bits per heavy atom. The van der Waals surface area contributed by atoms with E-state index in [0.29, 0.717) is 17.5 Å². The van der Waals surface area contributed by atoms with E-state index in [1.807, 2.05) is 0 Å². The van der Waals surface area contributed by atoms with E-state index in [2.05, 4.69) is 29.3 Å². The van der Waals surface area contributed by atoms with Crippen LogP contribution < -0.4 is 16.0 Å². The van der Waals surface area contributed by atoms with Crippen molar-refractivity contribution in [1.82, 2.24) is 4.98 Å². The molecule has 0 amide bonds. The van der Waals surface area contributed by atoms with Crippen molar-refractivity contribution in [3.63, 3.8) is 0 Å². The zero-order valence-corrected chi connectivity index (χ0v) is 14.8. The predicted octanol–water partition coefficient (Wildman–Crippen LogP) is 2.69. The van der Waals surface area contributed by atoms with E-state index in [9.17, 15) is 0 Å². The van der Waals surface area contributed by atoms with E-state index in [1.165, 1.54) is 31.4 Å². The summed E-state index contributed by atoms with van der Waals surface area (Å²) in [6.45, 7) is 6.24. The first-order valence-corrected chi connectivity index (χ1v) is 9.46. The van der Waals surface area contributed by atoms with Crippen LogP contribution in [0.2, 0.25) is 0 Å². The second-order valence-corrected chi connectivity index (χ2v) is 8.03. The van der Waals surface area contributed by atoms with Gasteiger partial charge < -0.3 is 20.7 Å². The Bertz CT molecular complexity index is 569. The minimum atomic E-state index is 0.397. The molecule has 0 bridgehead atoms. The maximum Gasteiger partial charge on any atom is 0.128 e. The molecule has 2 saturated heterocycles. The van der Waals surface area contributed by atoms with E-state index < -0.39 is 0 Å². The van der Waals surface area contributed by atoms with E-state index in [1.54, 1.807) is 0 Å². The number of nitrogens with one attached hydrogen (secondary N) is 1. The van der Waals surface area contributed by atoms with Crippen molar-refractivity contribution in [2.45, 2.75) is 57.5 Å². The number of nitrogens with zero attached hydrogens (tertiary/aromatic N) is 2. The highest BCUT2D eigenvalue weighted by atomic mass is 16.5. The van der Waals surface area contributed by atoms with Gasteiger partial charge in [-0.3, -0.25) is 0 Å². The van der Waals surface area contributed by atoms with Gasteiger partial charge in [-0.25, -0.2) is 4.98 Å². The van der Waals surface area contributed by atoms with Gasteiger partial charge >= 0.3 is 0 Å². The number of nitrogens with two attached hydrogens (primary N) is 1. The Labute approximate surface area is 145 Å². The molecule has 3 fully saturated rings. The summed E-state index contributed by atoms with van der Waals surface area (Å²) in [5.41, 5.74) is 8.78. The lowest BCUT2D eigenvalue weighted by Crippen LogP contribution is -2.58. The molecule has 4 rings (SSSR count). The van der Waals surface area contributed by atoms with Crippen LogP contribution in [0.4, 0.5) is 11.5 Å². The van der Waals surface area contributed by atoms with Crippen LogP contribution in [0.1, 0.15) is 44.2 Å². The van der Waals surface area contributed by atoms with Crippen molar-refractivity contribution < 1.29 is 4.74 Å². The fraction of sp³-hybridized carbons (Fsp3) is 0.737. The van der Waals surface area contributed by atoms with Crippen LogP contribution >= 0.6 is 0 Å². The number of aryl methyl sites for hydroxylation is 1. The average Bonchev–Trinajstić information content (AvgIpc) is 2.57. The van der Waals surface area contributed by atoms with Crippen LogP contribution in [0, 0.1) is 12.3 Å². The highest BCUT2D eigenvalue weighted by Crippen LogP contribution is 2.41. The molecule has 5 heteroatoms. The molecule has 3 aliphatic rings. The van der Waals surface area contributed by atoms with E-state index in [4.69, 9.17) is 15.5 Å². The first-order valence-electron chi connectivity index (χ1n) is 9.46. The van der Waals surface area contributed by atoms with Crippen molar-refractivity contribution in [2.75, 3.05) is 36.5 Å². The van der Waals surface area contributed by atoms with Gasteiger partial charge in [0.1, 0.15) is 5.82 Å². The summed E-state index contributed by atoms with van der Waals surface area (Å²) < 4.78 is 5.50. The summed E-state index contributed by atoms with van der Waals surface area (Å²) in [4.78, 5) is 7.28. The number of ether oxygens (including phenoxy) is 1. The minimum absolute atomic E-state index is 0.397. The van der Waals surface area contributed by atoms with E-state index in [0.717, 1.165) is 50.7 Å². The third kappa shape index (κ3) is 3.24. The summed E-state index contributed by atoms with van der Waals surface area (Å²) in [5, 5.41) is 3.68. The molecule has 3 N–H and O–H groups in total. The molecule has 0 radical (unpaired) electrons. The number of hydrogen-bond acceptors (Lipinski definition) is 5. The second-order valence-electron chi connectivity index (χ2n) is 8.03. The van der Waals surface area contributed by atoms with Gasteiger partial charge in [-0.15, -0.1) is 0 Å². The summed E-state index contributed by atoms with van der Waals surface area (Å²) in [6.07, 6.45) is 6.99. The Hall–Kier alpha value is -1.33. The largest absolute Gasteiger partial charge is 0.381 e. The smallest absolute Gasteiger partial charge is 0.128 e. The summed E-state index contributed by atoms with van der Waals surface area (Å²) in [7, 11) is 0. The molecule has 1 aromatic rings. The molecule has 1 aromatic heterocycles. The van der Waals surface area contributed by atoms with Gasteiger partial charge in [-0.2, -0.15) is 0 Å². The molecule has 3 heterocycles. The maximum absolute atomic E-state index is 6.00. The Kier molecular flexibility index (Phi) is 4.39. The number of pyridine rings is 1. The Morgan fingerprint density at radius 3 is 2.54 bits per heavy atom. The fourth-order valence-electron chi connectivity index (χ4n) is 4.41. The van der Waals surface area contributed by atoms with Gasteiger partial charge in [0.15, 0.2) is 0 Å². The molecule has 0 atom stereocenters. The minimum Gasteiger partial charge on any atom is -0.381 e. The topological polar surface area (TPSA) is 63.4 Å². The second kappa shape index (κ2) is 6.52. The lowest BCUT2D eigenvalue weighted by atomic mass is 9.73. The van der Waals surface area contributed by atoms with Gasteiger partial charge in [0.2, 0.25) is 0 Å². The number of rotatable bonds is 3. The van der Waals surface area contributed by atoms with Gasteiger partial charge in [-0.05, 0) is 57.6 Å². The summed E-state index contributed by atoms with van der Waals surface area (Å²) >= 11 is 0. The van der Waals surface area contributed by atoms with Crippen LogP contribution in [-0.2, 0) is 4.74 Å². The number of hydrogen-bond donors (Lipinski definition) is 2. The zero-order chi connectivity index (χ0) is 16.6. The summed E-state index contributed by atoms with van der Waals surface area (Å²) in [6, 6.07) is 5.33. The van der Waals surface area contributed by atoms with Crippen molar-refractivity contribution in [1.29, 1.82) is 0 Å². The summed E-state index contributed by atoms with van der Waals surface area (Å²) in [5.74, 6) is 1.13. The van der Waals surface area contributed by atoms with E-state index >= 15 is 0 Å². The van der Waals surface area contributed by atoms with Crippen LogP contribution in [0.25, 0.3) is 0 Å². The van der Waals surface area contributed by atoms with Crippen LogP contribution in [0.15, 0.2) is 12.1 Å². The predicted molar refractivity (Wildman–Crippen MR) is 97.5 cm³/mol. The first-order chi connectivity index (χ1) is 11.6. The molecule has 1 aliphatic carbocycles. The molecule has 1 saturated carbocycles. The van der Waals surface area contributed by atoms with Crippen molar-refractivity contribution >= 4 is 11.5 Å². The monoisotopic (exact) mass is 330 g/mol. The van der Waals surface area contributed by atoms with Crippen LogP contribution in [0.3, 0.4) is 0 Å². The maximum atomic E-state index is 6.00. The molecule has 2 aliphatic heterocycles. The third-order valence-corrected chi connectivity index (χ3v) is 6.13. The third-order valence-electron chi connectivity index (χ3n) is 6.13. The van der Waals surface area contributed by atoms with Crippen molar-refractivity contribution in [2.24, 2.45) is 11.1 Å². The molecule has 1 spiro atoms. The van der Waals surface area contributed by atoms with Gasteiger partial charge in [0.25, 0.3) is 0 Å². The van der Waals surface area contributed by atoms with E-state index in [-0.39, 0.29) is 0 Å². The highest BCUT2D eigenvalue weighted by molar-refractivity contribution is 5.55. The molecule has 0 unspecified atom stereocenters. The molecular formula is C19H30N4O. The normalized spacial score (nSPS) is 29.3. The average molecular weight is 330 g/mol. The molecular weight excluding hydrogens is 300 g/mol. The lowest BCUT2D eigenvalue weighted by Gasteiger charge is -2.52.